The van der Waals surface area contributed by atoms with Gasteiger partial charge in [0.1, 0.15) is 12.2 Å². The van der Waals surface area contributed by atoms with Crippen molar-refractivity contribution in [3.63, 3.8) is 0 Å². The third kappa shape index (κ3) is 3.47. The minimum absolute atomic E-state index is 0.181. The number of amides is 1. The summed E-state index contributed by atoms with van der Waals surface area (Å²) in [6, 6.07) is 3.24. The lowest BCUT2D eigenvalue weighted by atomic mass is 10.4. The molecule has 0 unspecified atom stereocenters. The van der Waals surface area contributed by atoms with E-state index in [1.165, 1.54) is 12.3 Å². The summed E-state index contributed by atoms with van der Waals surface area (Å²) in [4.78, 5) is 22.9. The van der Waals surface area contributed by atoms with Crippen molar-refractivity contribution in [2.45, 2.75) is 33.4 Å². The van der Waals surface area contributed by atoms with Crippen molar-refractivity contribution in [2.75, 3.05) is 5.32 Å². The number of nitrogens with one attached hydrogen (secondary N) is 1. The topological polar surface area (TPSA) is 102 Å². The Kier molecular flexibility index (Phi) is 4.36. The highest BCUT2D eigenvalue weighted by molar-refractivity contribution is 6.02. The maximum atomic E-state index is 12.1. The summed E-state index contributed by atoms with van der Waals surface area (Å²) in [6.07, 6.45) is 2.33. The number of carboxylic acids is 1. The average Bonchev–Trinajstić information content (AvgIpc) is 2.97. The molecule has 0 spiro atoms. The number of hydrogen-bond acceptors (Lipinski definition) is 4. The fraction of sp³-hybridized carbons (Fsp3) is 0.385. The number of carboxylic acid groups (broad SMARTS) is 1. The van der Waals surface area contributed by atoms with Gasteiger partial charge >= 0.3 is 5.97 Å². The lowest BCUT2D eigenvalue weighted by Gasteiger charge is -2.04. The van der Waals surface area contributed by atoms with Gasteiger partial charge in [0.2, 0.25) is 0 Å². The SMILES string of the molecule is CCCn1nc(NC(=O)c2ccnn2CC(=O)O)cc1C. The van der Waals surface area contributed by atoms with Crippen molar-refractivity contribution >= 4 is 17.7 Å². The van der Waals surface area contributed by atoms with Crippen LogP contribution in [-0.4, -0.2) is 36.5 Å². The predicted molar refractivity (Wildman–Crippen MR) is 75.1 cm³/mol. The molecule has 2 aromatic heterocycles. The highest BCUT2D eigenvalue weighted by Crippen LogP contribution is 2.11. The summed E-state index contributed by atoms with van der Waals surface area (Å²) in [5.41, 5.74) is 1.13. The lowest BCUT2D eigenvalue weighted by molar-refractivity contribution is -0.137. The predicted octanol–water partition coefficient (Wildman–Crippen LogP) is 1.13. The Morgan fingerprint density at radius 2 is 2.14 bits per heavy atom. The molecule has 0 aliphatic heterocycles. The number of anilines is 1. The van der Waals surface area contributed by atoms with Crippen LogP contribution in [0.4, 0.5) is 5.82 Å². The molecule has 0 radical (unpaired) electrons. The van der Waals surface area contributed by atoms with Crippen molar-refractivity contribution in [3.05, 3.63) is 29.7 Å². The zero-order valence-electron chi connectivity index (χ0n) is 11.9. The number of nitrogens with zero attached hydrogens (tertiary/aromatic N) is 4. The van der Waals surface area contributed by atoms with Crippen LogP contribution in [0.15, 0.2) is 18.3 Å². The smallest absolute Gasteiger partial charge is 0.325 e. The van der Waals surface area contributed by atoms with Gasteiger partial charge in [0, 0.05) is 24.5 Å². The van der Waals surface area contributed by atoms with Crippen LogP contribution in [-0.2, 0) is 17.9 Å². The number of carbonyl (C=O) groups excluding carboxylic acids is 1. The number of aliphatic carboxylic acids is 1. The third-order valence-electron chi connectivity index (χ3n) is 2.89. The van der Waals surface area contributed by atoms with Gasteiger partial charge in [-0.05, 0) is 19.4 Å². The van der Waals surface area contributed by atoms with Crippen molar-refractivity contribution in [2.24, 2.45) is 0 Å². The molecule has 0 aliphatic carbocycles. The monoisotopic (exact) mass is 291 g/mol. The van der Waals surface area contributed by atoms with E-state index in [2.05, 4.69) is 15.5 Å². The zero-order valence-corrected chi connectivity index (χ0v) is 11.9. The summed E-state index contributed by atoms with van der Waals surface area (Å²) in [7, 11) is 0. The normalized spacial score (nSPS) is 10.6. The fourth-order valence-corrected chi connectivity index (χ4v) is 1.97. The molecule has 0 fully saturated rings. The third-order valence-corrected chi connectivity index (χ3v) is 2.89. The molecule has 1 amide bonds. The molecule has 0 aromatic carbocycles. The van der Waals surface area contributed by atoms with Gasteiger partial charge in [-0.25, -0.2) is 4.68 Å². The van der Waals surface area contributed by atoms with Crippen molar-refractivity contribution < 1.29 is 14.7 Å². The number of hydrogen-bond donors (Lipinski definition) is 2. The first-order valence-electron chi connectivity index (χ1n) is 6.60. The zero-order chi connectivity index (χ0) is 15.4. The first-order chi connectivity index (χ1) is 10.0. The van der Waals surface area contributed by atoms with Crippen LogP contribution in [0.1, 0.15) is 29.5 Å². The molecule has 0 saturated heterocycles. The van der Waals surface area contributed by atoms with E-state index in [9.17, 15) is 9.59 Å². The van der Waals surface area contributed by atoms with Gasteiger partial charge in [-0.1, -0.05) is 6.92 Å². The average molecular weight is 291 g/mol. The van der Waals surface area contributed by atoms with E-state index in [-0.39, 0.29) is 12.2 Å². The largest absolute Gasteiger partial charge is 0.480 e. The first-order valence-corrected chi connectivity index (χ1v) is 6.60. The molecule has 21 heavy (non-hydrogen) atoms. The maximum absolute atomic E-state index is 12.1. The molecule has 0 aliphatic rings. The standard InChI is InChI=1S/C13H17N5O3/c1-3-6-17-9(2)7-11(16-17)15-13(21)10-4-5-14-18(10)8-12(19)20/h4-5,7H,3,6,8H2,1-2H3,(H,19,20)(H,15,16,21). The van der Waals surface area contributed by atoms with Crippen LogP contribution in [0.2, 0.25) is 0 Å². The summed E-state index contributed by atoms with van der Waals surface area (Å²) in [5.74, 6) is -1.06. The Morgan fingerprint density at radius 3 is 2.81 bits per heavy atom. The van der Waals surface area contributed by atoms with E-state index in [0.717, 1.165) is 23.3 Å². The van der Waals surface area contributed by atoms with Gasteiger partial charge < -0.3 is 10.4 Å². The van der Waals surface area contributed by atoms with Gasteiger partial charge in [0.25, 0.3) is 5.91 Å². The van der Waals surface area contributed by atoms with Crippen LogP contribution in [0.25, 0.3) is 0 Å². The molecule has 112 valence electrons. The molecule has 8 nitrogen and oxygen atoms in total. The van der Waals surface area contributed by atoms with Gasteiger partial charge in [0.05, 0.1) is 0 Å². The lowest BCUT2D eigenvalue weighted by Crippen LogP contribution is -2.21. The highest BCUT2D eigenvalue weighted by atomic mass is 16.4. The minimum Gasteiger partial charge on any atom is -0.480 e. The summed E-state index contributed by atoms with van der Waals surface area (Å²) in [6.45, 7) is 4.37. The quantitative estimate of drug-likeness (QED) is 0.830. The maximum Gasteiger partial charge on any atom is 0.325 e. The molecule has 2 rings (SSSR count). The second-order valence-electron chi connectivity index (χ2n) is 4.62. The van der Waals surface area contributed by atoms with Gasteiger partial charge in [0.15, 0.2) is 5.82 Å². The highest BCUT2D eigenvalue weighted by Gasteiger charge is 2.15. The van der Waals surface area contributed by atoms with Crippen LogP contribution in [0.5, 0.6) is 0 Å². The summed E-state index contributed by atoms with van der Waals surface area (Å²) in [5, 5.41) is 19.5. The number of aryl methyl sites for hydroxylation is 2. The first kappa shape index (κ1) is 14.8. The molecule has 2 N–H and O–H groups in total. The van der Waals surface area contributed by atoms with E-state index < -0.39 is 11.9 Å². The van der Waals surface area contributed by atoms with Crippen LogP contribution in [0.3, 0.4) is 0 Å². The van der Waals surface area contributed by atoms with Gasteiger partial charge in [-0.3, -0.25) is 14.3 Å². The molecular weight excluding hydrogens is 274 g/mol. The Balaban J connectivity index is 2.13. The van der Waals surface area contributed by atoms with Crippen LogP contribution in [0, 0.1) is 6.92 Å². The minimum atomic E-state index is -1.06. The second kappa shape index (κ2) is 6.21. The molecule has 0 atom stereocenters. The van der Waals surface area contributed by atoms with Gasteiger partial charge in [-0.15, -0.1) is 0 Å². The van der Waals surface area contributed by atoms with E-state index in [0.29, 0.717) is 5.82 Å². The number of aromatic nitrogens is 4. The Bertz CT molecular complexity index is 659. The Labute approximate surface area is 121 Å². The summed E-state index contributed by atoms with van der Waals surface area (Å²) >= 11 is 0. The van der Waals surface area contributed by atoms with Crippen LogP contribution >= 0.6 is 0 Å². The van der Waals surface area contributed by atoms with Crippen molar-refractivity contribution in [1.82, 2.24) is 19.6 Å². The number of carbonyl (C=O) groups is 2. The van der Waals surface area contributed by atoms with E-state index >= 15 is 0 Å². The molecular formula is C13H17N5O3. The molecule has 2 heterocycles. The van der Waals surface area contributed by atoms with E-state index in [4.69, 9.17) is 5.11 Å². The molecule has 8 heteroatoms. The molecule has 2 aromatic rings. The van der Waals surface area contributed by atoms with Crippen LogP contribution < -0.4 is 5.32 Å². The van der Waals surface area contributed by atoms with Crippen molar-refractivity contribution in [3.8, 4) is 0 Å². The summed E-state index contributed by atoms with van der Waals surface area (Å²) < 4.78 is 2.94. The van der Waals surface area contributed by atoms with Crippen molar-refractivity contribution in [1.29, 1.82) is 0 Å². The Morgan fingerprint density at radius 1 is 1.38 bits per heavy atom. The molecule has 0 saturated carbocycles. The second-order valence-corrected chi connectivity index (χ2v) is 4.62. The van der Waals surface area contributed by atoms with Gasteiger partial charge in [-0.2, -0.15) is 10.2 Å². The molecule has 0 bridgehead atoms. The number of rotatable bonds is 6. The van der Waals surface area contributed by atoms with E-state index in [1.54, 1.807) is 6.07 Å². The fourth-order valence-electron chi connectivity index (χ4n) is 1.97. The van der Waals surface area contributed by atoms with E-state index in [1.807, 2.05) is 18.5 Å². The Hall–Kier alpha value is -2.64.